The van der Waals surface area contributed by atoms with Gasteiger partial charge in [0.2, 0.25) is 5.91 Å². The van der Waals surface area contributed by atoms with Crippen LogP contribution in [0, 0.1) is 11.3 Å². The van der Waals surface area contributed by atoms with E-state index in [1.807, 2.05) is 0 Å². The van der Waals surface area contributed by atoms with Crippen molar-refractivity contribution in [2.24, 2.45) is 0 Å². The minimum atomic E-state index is -4.40. The quantitative estimate of drug-likeness (QED) is 0.837. The van der Waals surface area contributed by atoms with Crippen molar-refractivity contribution in [1.29, 1.82) is 5.26 Å². The monoisotopic (exact) mass is 342 g/mol. The number of carbonyl (C=O) groups excluding carboxylic acids is 1. The average Bonchev–Trinajstić information content (AvgIpc) is 2.53. The number of halogens is 3. The van der Waals surface area contributed by atoms with Crippen LogP contribution in [0.3, 0.4) is 0 Å². The van der Waals surface area contributed by atoms with Crippen molar-refractivity contribution < 1.29 is 18.0 Å². The van der Waals surface area contributed by atoms with Crippen LogP contribution in [-0.2, 0) is 11.0 Å². The third-order valence-corrected chi connectivity index (χ3v) is 4.82. The molecule has 124 valence electrons. The first kappa shape index (κ1) is 17.7. The minimum absolute atomic E-state index is 0.00919. The SMILES string of the molecule is N#CC1(NC(=O)CSc2cccc(C(F)(F)F)c2)CCCCC1. The van der Waals surface area contributed by atoms with E-state index < -0.39 is 17.3 Å². The van der Waals surface area contributed by atoms with Crippen LogP contribution in [0.5, 0.6) is 0 Å². The van der Waals surface area contributed by atoms with E-state index in [-0.39, 0.29) is 11.7 Å². The Hall–Kier alpha value is -1.68. The first-order chi connectivity index (χ1) is 10.8. The Balaban J connectivity index is 1.93. The van der Waals surface area contributed by atoms with Gasteiger partial charge < -0.3 is 5.32 Å². The van der Waals surface area contributed by atoms with E-state index in [1.54, 1.807) is 0 Å². The fourth-order valence-electron chi connectivity index (χ4n) is 2.63. The van der Waals surface area contributed by atoms with Crippen LogP contribution in [-0.4, -0.2) is 17.2 Å². The van der Waals surface area contributed by atoms with Crippen molar-refractivity contribution in [3.63, 3.8) is 0 Å². The number of nitriles is 1. The molecule has 0 heterocycles. The van der Waals surface area contributed by atoms with Crippen LogP contribution in [0.4, 0.5) is 13.2 Å². The van der Waals surface area contributed by atoms with Crippen molar-refractivity contribution in [2.75, 3.05) is 5.75 Å². The molecule has 1 aromatic rings. The molecule has 0 aliphatic heterocycles. The molecule has 0 aromatic heterocycles. The number of rotatable bonds is 4. The normalized spacial score (nSPS) is 17.3. The molecule has 0 bridgehead atoms. The number of benzene rings is 1. The second kappa shape index (κ2) is 7.26. The third-order valence-electron chi connectivity index (χ3n) is 3.83. The number of hydrogen-bond acceptors (Lipinski definition) is 3. The smallest absolute Gasteiger partial charge is 0.337 e. The average molecular weight is 342 g/mol. The molecule has 0 atom stereocenters. The summed E-state index contributed by atoms with van der Waals surface area (Å²) in [4.78, 5) is 12.4. The van der Waals surface area contributed by atoms with Gasteiger partial charge in [-0.05, 0) is 31.0 Å². The van der Waals surface area contributed by atoms with Gasteiger partial charge in [0, 0.05) is 4.90 Å². The molecule has 1 aliphatic carbocycles. The molecule has 1 fully saturated rings. The lowest BCUT2D eigenvalue weighted by molar-refractivity contribution is -0.137. The first-order valence-electron chi connectivity index (χ1n) is 7.37. The van der Waals surface area contributed by atoms with E-state index >= 15 is 0 Å². The van der Waals surface area contributed by atoms with Gasteiger partial charge in [-0.25, -0.2) is 0 Å². The van der Waals surface area contributed by atoms with Crippen LogP contribution >= 0.6 is 11.8 Å². The second-order valence-corrected chi connectivity index (χ2v) is 6.67. The first-order valence-corrected chi connectivity index (χ1v) is 8.36. The Morgan fingerprint density at radius 1 is 1.30 bits per heavy atom. The van der Waals surface area contributed by atoms with E-state index in [0.29, 0.717) is 17.7 Å². The molecule has 7 heteroatoms. The summed E-state index contributed by atoms with van der Waals surface area (Å²) in [5.74, 6) is -0.332. The highest BCUT2D eigenvalue weighted by molar-refractivity contribution is 8.00. The maximum absolute atomic E-state index is 12.6. The predicted octanol–water partition coefficient (Wildman–Crippen LogP) is 4.14. The summed E-state index contributed by atoms with van der Waals surface area (Å²) in [6.07, 6.45) is -0.291. The Bertz CT molecular complexity index is 604. The van der Waals surface area contributed by atoms with Crippen LogP contribution in [0.2, 0.25) is 0 Å². The van der Waals surface area contributed by atoms with Gasteiger partial charge in [-0.3, -0.25) is 4.79 Å². The summed E-state index contributed by atoms with van der Waals surface area (Å²) in [6, 6.07) is 7.06. The Kier molecular flexibility index (Phi) is 5.58. The number of carbonyl (C=O) groups is 1. The molecule has 0 unspecified atom stereocenters. The summed E-state index contributed by atoms with van der Waals surface area (Å²) in [5, 5.41) is 12.1. The molecule has 0 saturated heterocycles. The number of thioether (sulfide) groups is 1. The summed E-state index contributed by atoms with van der Waals surface area (Å²) in [5.41, 5.74) is -1.55. The highest BCUT2D eigenvalue weighted by Crippen LogP contribution is 2.32. The molecule has 1 aromatic carbocycles. The fraction of sp³-hybridized carbons (Fsp3) is 0.500. The summed E-state index contributed by atoms with van der Waals surface area (Å²) in [7, 11) is 0. The van der Waals surface area contributed by atoms with Crippen LogP contribution in [0.1, 0.15) is 37.7 Å². The molecule has 2 rings (SSSR count). The lowest BCUT2D eigenvalue weighted by Crippen LogP contribution is -2.49. The highest BCUT2D eigenvalue weighted by atomic mass is 32.2. The van der Waals surface area contributed by atoms with Crippen molar-refractivity contribution in [1.82, 2.24) is 5.32 Å². The second-order valence-electron chi connectivity index (χ2n) is 5.62. The molecular weight excluding hydrogens is 325 g/mol. The topological polar surface area (TPSA) is 52.9 Å². The van der Waals surface area contributed by atoms with Crippen LogP contribution in [0.15, 0.2) is 29.2 Å². The number of nitrogens with zero attached hydrogens (tertiary/aromatic N) is 1. The molecule has 0 radical (unpaired) electrons. The zero-order valence-corrected chi connectivity index (χ0v) is 13.3. The predicted molar refractivity (Wildman–Crippen MR) is 81.7 cm³/mol. The molecule has 0 spiro atoms. The van der Waals surface area contributed by atoms with E-state index in [4.69, 9.17) is 0 Å². The van der Waals surface area contributed by atoms with Crippen molar-refractivity contribution >= 4 is 17.7 Å². The van der Waals surface area contributed by atoms with Gasteiger partial charge in [0.15, 0.2) is 0 Å². The van der Waals surface area contributed by atoms with E-state index in [9.17, 15) is 23.2 Å². The van der Waals surface area contributed by atoms with Crippen molar-refractivity contribution in [3.8, 4) is 6.07 Å². The minimum Gasteiger partial charge on any atom is -0.337 e. The van der Waals surface area contributed by atoms with Crippen LogP contribution in [0.25, 0.3) is 0 Å². The van der Waals surface area contributed by atoms with Gasteiger partial charge in [0.25, 0.3) is 0 Å². The van der Waals surface area contributed by atoms with Crippen molar-refractivity contribution in [2.45, 2.75) is 48.7 Å². The van der Waals surface area contributed by atoms with Crippen molar-refractivity contribution in [3.05, 3.63) is 29.8 Å². The number of alkyl halides is 3. The summed E-state index contributed by atoms with van der Waals surface area (Å²) >= 11 is 1.04. The number of amides is 1. The lowest BCUT2D eigenvalue weighted by Gasteiger charge is -2.31. The summed E-state index contributed by atoms with van der Waals surface area (Å²) in [6.45, 7) is 0. The molecule has 1 amide bonds. The van der Waals surface area contributed by atoms with E-state index in [0.717, 1.165) is 43.2 Å². The fourth-order valence-corrected chi connectivity index (χ4v) is 3.39. The van der Waals surface area contributed by atoms with E-state index in [2.05, 4.69) is 11.4 Å². The molecule has 1 N–H and O–H groups in total. The Morgan fingerprint density at radius 3 is 2.61 bits per heavy atom. The zero-order chi connectivity index (χ0) is 16.9. The van der Waals surface area contributed by atoms with Gasteiger partial charge in [-0.2, -0.15) is 18.4 Å². The largest absolute Gasteiger partial charge is 0.416 e. The van der Waals surface area contributed by atoms with Gasteiger partial charge in [0.05, 0.1) is 17.4 Å². The molecule has 1 aliphatic rings. The Labute approximate surface area is 137 Å². The Morgan fingerprint density at radius 2 is 2.00 bits per heavy atom. The molecule has 1 saturated carbocycles. The zero-order valence-electron chi connectivity index (χ0n) is 12.4. The van der Waals surface area contributed by atoms with Gasteiger partial charge in [-0.15, -0.1) is 11.8 Å². The highest BCUT2D eigenvalue weighted by Gasteiger charge is 2.33. The van der Waals surface area contributed by atoms with E-state index in [1.165, 1.54) is 12.1 Å². The van der Waals surface area contributed by atoms with Gasteiger partial charge >= 0.3 is 6.18 Å². The third kappa shape index (κ3) is 4.90. The number of hydrogen-bond donors (Lipinski definition) is 1. The van der Waals surface area contributed by atoms with Gasteiger partial charge in [-0.1, -0.05) is 25.3 Å². The number of nitrogens with one attached hydrogen (secondary N) is 1. The maximum atomic E-state index is 12.6. The standard InChI is InChI=1S/C16H17F3N2OS/c17-16(18,19)12-5-4-6-13(9-12)23-10-14(22)21-15(11-20)7-2-1-3-8-15/h4-6,9H,1-3,7-8,10H2,(H,21,22). The van der Waals surface area contributed by atoms with Gasteiger partial charge in [0.1, 0.15) is 5.54 Å². The molecule has 23 heavy (non-hydrogen) atoms. The summed E-state index contributed by atoms with van der Waals surface area (Å²) < 4.78 is 37.9. The molecule has 3 nitrogen and oxygen atoms in total. The lowest BCUT2D eigenvalue weighted by atomic mass is 9.83. The van der Waals surface area contributed by atoms with Crippen LogP contribution < -0.4 is 5.32 Å². The molecular formula is C16H17F3N2OS. The maximum Gasteiger partial charge on any atom is 0.416 e.